The lowest BCUT2D eigenvalue weighted by atomic mass is 10.0. The highest BCUT2D eigenvalue weighted by Crippen LogP contribution is 2.33. The summed E-state index contributed by atoms with van der Waals surface area (Å²) >= 11 is 0. The van der Waals surface area contributed by atoms with Gasteiger partial charge in [-0.05, 0) is 61.2 Å². The fourth-order valence-corrected chi connectivity index (χ4v) is 5.38. The Morgan fingerprint density at radius 2 is 1.70 bits per heavy atom. The number of anilines is 1. The number of likely N-dealkylation sites (tertiary alicyclic amines) is 2. The molecule has 11 heteroatoms. The smallest absolute Gasteiger partial charge is 0.378 e. The molecule has 0 radical (unpaired) electrons. The second kappa shape index (κ2) is 11.3. The summed E-state index contributed by atoms with van der Waals surface area (Å²) in [6.07, 6.45) is -3.96. The maximum atomic E-state index is 13.7. The molecular formula is C29H33F3N4O4. The Labute approximate surface area is 231 Å². The summed E-state index contributed by atoms with van der Waals surface area (Å²) in [4.78, 5) is 57.5. The first-order valence-corrected chi connectivity index (χ1v) is 13.2. The molecule has 2 fully saturated rings. The van der Waals surface area contributed by atoms with Gasteiger partial charge in [-0.1, -0.05) is 19.9 Å². The van der Waals surface area contributed by atoms with E-state index < -0.39 is 47.6 Å². The first-order chi connectivity index (χ1) is 18.8. The van der Waals surface area contributed by atoms with E-state index in [0.717, 1.165) is 23.9 Å². The zero-order chi connectivity index (χ0) is 29.4. The van der Waals surface area contributed by atoms with Crippen molar-refractivity contribution in [2.75, 3.05) is 32.1 Å². The number of fused-ring (bicyclic) bond motifs is 1. The molecule has 1 N–H and O–H groups in total. The topological polar surface area (TPSA) is 90.0 Å². The van der Waals surface area contributed by atoms with Gasteiger partial charge in [0.1, 0.15) is 12.1 Å². The number of halogens is 3. The molecule has 3 atom stereocenters. The quantitative estimate of drug-likeness (QED) is 0.561. The van der Waals surface area contributed by atoms with Crippen LogP contribution in [-0.4, -0.2) is 78.6 Å². The van der Waals surface area contributed by atoms with Crippen LogP contribution in [0.2, 0.25) is 0 Å². The Bertz CT molecular complexity index is 1290. The minimum Gasteiger partial charge on any atom is -0.378 e. The van der Waals surface area contributed by atoms with Gasteiger partial charge in [-0.25, -0.2) is 0 Å². The summed E-state index contributed by atoms with van der Waals surface area (Å²) in [5, 5.41) is 2.82. The molecule has 0 aromatic heterocycles. The van der Waals surface area contributed by atoms with E-state index in [1.807, 2.05) is 32.8 Å². The lowest BCUT2D eigenvalue weighted by molar-refractivity contribution is -0.138. The molecular weight excluding hydrogens is 525 g/mol. The van der Waals surface area contributed by atoms with E-state index in [1.54, 1.807) is 24.3 Å². The van der Waals surface area contributed by atoms with Crippen LogP contribution in [0.3, 0.4) is 0 Å². The number of hydrogen-bond donors (Lipinski definition) is 1. The van der Waals surface area contributed by atoms with Gasteiger partial charge in [0.2, 0.25) is 5.91 Å². The Kier molecular flexibility index (Phi) is 8.23. The average molecular weight is 559 g/mol. The molecule has 2 aliphatic heterocycles. The Balaban J connectivity index is 1.51. The molecule has 2 unspecified atom stereocenters. The number of Topliss-reactive ketones (excluding diaryl/α,β-unsaturated/α-hetero) is 1. The van der Waals surface area contributed by atoms with Crippen molar-refractivity contribution in [1.29, 1.82) is 0 Å². The molecule has 214 valence electrons. The second-order valence-corrected chi connectivity index (χ2v) is 10.9. The molecule has 2 heterocycles. The first-order valence-electron chi connectivity index (χ1n) is 13.2. The number of carbonyl (C=O) groups is 4. The van der Waals surface area contributed by atoms with Crippen LogP contribution < -0.4 is 10.2 Å². The van der Waals surface area contributed by atoms with Crippen LogP contribution in [0.1, 0.15) is 53.0 Å². The molecule has 0 saturated carbocycles. The number of ketones is 1. The monoisotopic (exact) mass is 558 g/mol. The summed E-state index contributed by atoms with van der Waals surface area (Å²) in [5.41, 5.74) is 0.185. The third-order valence-corrected chi connectivity index (χ3v) is 7.36. The predicted octanol–water partition coefficient (Wildman–Crippen LogP) is 3.61. The van der Waals surface area contributed by atoms with Crippen LogP contribution >= 0.6 is 0 Å². The number of rotatable bonds is 7. The van der Waals surface area contributed by atoms with Gasteiger partial charge in [-0.3, -0.25) is 19.2 Å². The first kappa shape index (κ1) is 29.1. The summed E-state index contributed by atoms with van der Waals surface area (Å²) in [6, 6.07) is 8.59. The molecule has 0 spiro atoms. The SMILES string of the molecule is CC(C)C[C@H](NC(=O)c1ccc(N(C)C)cc1)C(=O)N1CCC2C1C(=O)CN2C(=O)c1cccc(C(F)(F)F)c1. The molecule has 2 aliphatic rings. The van der Waals surface area contributed by atoms with Gasteiger partial charge < -0.3 is 20.0 Å². The largest absolute Gasteiger partial charge is 0.416 e. The molecule has 2 aromatic carbocycles. The summed E-state index contributed by atoms with van der Waals surface area (Å²) in [5.74, 6) is -1.82. The normalized spacial score (nSPS) is 19.6. The fourth-order valence-electron chi connectivity index (χ4n) is 5.38. The van der Waals surface area contributed by atoms with Crippen LogP contribution in [0.5, 0.6) is 0 Å². The standard InChI is InChI=1S/C29H33F3N4O4/c1-17(2)14-22(33-26(38)18-8-10-21(11-9-18)34(3)4)28(40)35-13-12-23-25(35)24(37)16-36(23)27(39)19-6-5-7-20(15-19)29(30,31)32/h5-11,15,17,22-23,25H,12-14,16H2,1-4H3,(H,33,38)/t22-,23?,25?/m0/s1. The highest BCUT2D eigenvalue weighted by molar-refractivity contribution is 6.03. The number of carbonyl (C=O) groups excluding carboxylic acids is 4. The van der Waals surface area contributed by atoms with E-state index in [2.05, 4.69) is 5.32 Å². The summed E-state index contributed by atoms with van der Waals surface area (Å²) in [7, 11) is 3.77. The van der Waals surface area contributed by atoms with E-state index in [-0.39, 0.29) is 30.4 Å². The van der Waals surface area contributed by atoms with Crippen LogP contribution in [0.15, 0.2) is 48.5 Å². The van der Waals surface area contributed by atoms with Gasteiger partial charge in [-0.15, -0.1) is 0 Å². The molecule has 3 amide bonds. The number of amides is 3. The van der Waals surface area contributed by atoms with Crippen LogP contribution in [0.4, 0.5) is 18.9 Å². The number of alkyl halides is 3. The molecule has 0 bridgehead atoms. The third-order valence-electron chi connectivity index (χ3n) is 7.36. The van der Waals surface area contributed by atoms with Gasteiger partial charge in [0, 0.05) is 37.5 Å². The second-order valence-electron chi connectivity index (χ2n) is 10.9. The molecule has 2 saturated heterocycles. The van der Waals surface area contributed by atoms with Gasteiger partial charge in [0.25, 0.3) is 11.8 Å². The van der Waals surface area contributed by atoms with Gasteiger partial charge in [0.05, 0.1) is 18.2 Å². The van der Waals surface area contributed by atoms with Crippen molar-refractivity contribution in [2.24, 2.45) is 5.92 Å². The van der Waals surface area contributed by atoms with E-state index >= 15 is 0 Å². The van der Waals surface area contributed by atoms with Gasteiger partial charge in [-0.2, -0.15) is 13.2 Å². The minimum atomic E-state index is -4.61. The summed E-state index contributed by atoms with van der Waals surface area (Å²) in [6.45, 7) is 3.73. The van der Waals surface area contributed by atoms with Crippen molar-refractivity contribution in [3.8, 4) is 0 Å². The van der Waals surface area contributed by atoms with Crippen molar-refractivity contribution in [3.05, 3.63) is 65.2 Å². The van der Waals surface area contributed by atoms with Crippen molar-refractivity contribution in [1.82, 2.24) is 15.1 Å². The zero-order valence-electron chi connectivity index (χ0n) is 22.9. The summed E-state index contributed by atoms with van der Waals surface area (Å²) < 4.78 is 39.6. The minimum absolute atomic E-state index is 0.0574. The molecule has 2 aromatic rings. The Morgan fingerprint density at radius 1 is 1.02 bits per heavy atom. The van der Waals surface area contributed by atoms with E-state index in [9.17, 15) is 32.3 Å². The third kappa shape index (κ3) is 5.97. The molecule has 0 aliphatic carbocycles. The Hall–Kier alpha value is -3.89. The van der Waals surface area contributed by atoms with Crippen molar-refractivity contribution < 1.29 is 32.3 Å². The fraction of sp³-hybridized carbons (Fsp3) is 0.448. The lowest BCUT2D eigenvalue weighted by Crippen LogP contribution is -2.53. The van der Waals surface area contributed by atoms with Gasteiger partial charge in [0.15, 0.2) is 5.78 Å². The van der Waals surface area contributed by atoms with E-state index in [4.69, 9.17) is 0 Å². The lowest BCUT2D eigenvalue weighted by Gasteiger charge is -2.29. The van der Waals surface area contributed by atoms with E-state index in [1.165, 1.54) is 15.9 Å². The maximum Gasteiger partial charge on any atom is 0.416 e. The maximum absolute atomic E-state index is 13.7. The Morgan fingerprint density at radius 3 is 2.30 bits per heavy atom. The predicted molar refractivity (Wildman–Crippen MR) is 143 cm³/mol. The van der Waals surface area contributed by atoms with Gasteiger partial charge >= 0.3 is 6.18 Å². The van der Waals surface area contributed by atoms with E-state index in [0.29, 0.717) is 18.4 Å². The average Bonchev–Trinajstić information content (AvgIpc) is 3.48. The van der Waals surface area contributed by atoms with Crippen molar-refractivity contribution >= 4 is 29.2 Å². The van der Waals surface area contributed by atoms with Crippen LogP contribution in [0.25, 0.3) is 0 Å². The van der Waals surface area contributed by atoms with Crippen molar-refractivity contribution in [2.45, 2.75) is 51.0 Å². The van der Waals surface area contributed by atoms with Crippen molar-refractivity contribution in [3.63, 3.8) is 0 Å². The number of nitrogens with zero attached hydrogens (tertiary/aromatic N) is 3. The number of hydrogen-bond acceptors (Lipinski definition) is 5. The molecule has 4 rings (SSSR count). The number of benzene rings is 2. The molecule has 8 nitrogen and oxygen atoms in total. The highest BCUT2D eigenvalue weighted by Gasteiger charge is 2.52. The highest BCUT2D eigenvalue weighted by atomic mass is 19.4. The molecule has 40 heavy (non-hydrogen) atoms. The number of nitrogens with one attached hydrogen (secondary N) is 1. The van der Waals surface area contributed by atoms with Crippen LogP contribution in [-0.2, 0) is 15.8 Å². The van der Waals surface area contributed by atoms with Crippen LogP contribution in [0, 0.1) is 5.92 Å². The zero-order valence-corrected chi connectivity index (χ0v) is 22.9.